The lowest BCUT2D eigenvalue weighted by atomic mass is 9.97. The molecule has 2 aromatic carbocycles. The maximum Gasteiger partial charge on any atom is 0.255 e. The molecule has 0 unspecified atom stereocenters. The molecule has 6 nitrogen and oxygen atoms in total. The van der Waals surface area contributed by atoms with Crippen molar-refractivity contribution in [2.24, 2.45) is 0 Å². The van der Waals surface area contributed by atoms with E-state index in [0.717, 1.165) is 12.1 Å². The number of anilines is 1. The van der Waals surface area contributed by atoms with Crippen molar-refractivity contribution >= 4 is 11.6 Å². The molecule has 1 amide bonds. The molecule has 4 rings (SSSR count). The van der Waals surface area contributed by atoms with E-state index in [1.807, 2.05) is 18.2 Å². The Labute approximate surface area is 165 Å². The van der Waals surface area contributed by atoms with E-state index in [1.165, 1.54) is 12.8 Å². The van der Waals surface area contributed by atoms with Gasteiger partial charge in [0.1, 0.15) is 11.5 Å². The quantitative estimate of drug-likeness (QED) is 0.831. The minimum atomic E-state index is -0.590. The van der Waals surface area contributed by atoms with Crippen molar-refractivity contribution in [2.45, 2.75) is 31.0 Å². The van der Waals surface area contributed by atoms with Gasteiger partial charge >= 0.3 is 0 Å². The minimum Gasteiger partial charge on any atom is -0.497 e. The predicted molar refractivity (Wildman–Crippen MR) is 107 cm³/mol. The van der Waals surface area contributed by atoms with Crippen molar-refractivity contribution in [2.75, 3.05) is 32.7 Å². The highest BCUT2D eigenvalue weighted by Gasteiger charge is 2.44. The molecule has 2 aliphatic rings. The van der Waals surface area contributed by atoms with Gasteiger partial charge in [0.15, 0.2) is 6.10 Å². The van der Waals surface area contributed by atoms with Crippen LogP contribution in [0.4, 0.5) is 5.69 Å². The Hall–Kier alpha value is -2.57. The Balaban J connectivity index is 1.61. The lowest BCUT2D eigenvalue weighted by Gasteiger charge is -2.41. The van der Waals surface area contributed by atoms with Gasteiger partial charge < -0.3 is 19.5 Å². The van der Waals surface area contributed by atoms with Crippen LogP contribution in [0, 0.1) is 0 Å². The van der Waals surface area contributed by atoms with Crippen molar-refractivity contribution < 1.29 is 19.0 Å². The summed E-state index contributed by atoms with van der Waals surface area (Å²) < 4.78 is 16.7. The topological polar surface area (TPSA) is 60.0 Å². The number of rotatable bonds is 6. The highest BCUT2D eigenvalue weighted by atomic mass is 16.5. The second-order valence-electron chi connectivity index (χ2n) is 7.17. The van der Waals surface area contributed by atoms with E-state index in [9.17, 15) is 4.79 Å². The number of morpholine rings is 1. The fourth-order valence-corrected chi connectivity index (χ4v) is 3.86. The van der Waals surface area contributed by atoms with Gasteiger partial charge in [0.2, 0.25) is 0 Å². The van der Waals surface area contributed by atoms with Crippen molar-refractivity contribution in [3.63, 3.8) is 0 Å². The van der Waals surface area contributed by atoms with Gasteiger partial charge in [-0.15, -0.1) is 0 Å². The number of ether oxygens (including phenoxy) is 3. The number of nitrogens with zero attached hydrogens (tertiary/aromatic N) is 1. The van der Waals surface area contributed by atoms with Crippen LogP contribution in [0.2, 0.25) is 0 Å². The van der Waals surface area contributed by atoms with Crippen molar-refractivity contribution in [1.82, 2.24) is 4.90 Å². The molecule has 6 heteroatoms. The lowest BCUT2D eigenvalue weighted by molar-refractivity contribution is -0.141. The van der Waals surface area contributed by atoms with Gasteiger partial charge in [0.05, 0.1) is 32.6 Å². The third-order valence-corrected chi connectivity index (χ3v) is 5.37. The number of hydrogen-bond donors (Lipinski definition) is 1. The molecule has 1 saturated carbocycles. The molecule has 1 heterocycles. The highest BCUT2D eigenvalue weighted by molar-refractivity contribution is 5.96. The zero-order chi connectivity index (χ0) is 19.5. The molecule has 1 aliphatic carbocycles. The van der Waals surface area contributed by atoms with Crippen LogP contribution in [0.15, 0.2) is 48.5 Å². The van der Waals surface area contributed by atoms with E-state index < -0.39 is 6.10 Å². The summed E-state index contributed by atoms with van der Waals surface area (Å²) in [5.41, 5.74) is 1.68. The lowest BCUT2D eigenvalue weighted by Crippen LogP contribution is -2.51. The monoisotopic (exact) mass is 382 g/mol. The molecule has 1 saturated heterocycles. The van der Waals surface area contributed by atoms with E-state index in [2.05, 4.69) is 22.3 Å². The van der Waals surface area contributed by atoms with Crippen LogP contribution in [0.3, 0.4) is 0 Å². The molecule has 2 atom stereocenters. The van der Waals surface area contributed by atoms with Gasteiger partial charge in [-0.1, -0.05) is 30.3 Å². The predicted octanol–water partition coefficient (Wildman–Crippen LogP) is 3.25. The molecule has 1 N–H and O–H groups in total. The van der Waals surface area contributed by atoms with Crippen LogP contribution in [0.5, 0.6) is 11.5 Å². The number of carbonyl (C=O) groups excluding carboxylic acids is 1. The summed E-state index contributed by atoms with van der Waals surface area (Å²) in [5, 5.41) is 2.99. The van der Waals surface area contributed by atoms with E-state index in [-0.39, 0.29) is 11.9 Å². The van der Waals surface area contributed by atoms with Gasteiger partial charge in [-0.3, -0.25) is 9.69 Å². The Morgan fingerprint density at radius 1 is 1.11 bits per heavy atom. The summed E-state index contributed by atoms with van der Waals surface area (Å²) in [6.45, 7) is 1.39. The highest BCUT2D eigenvalue weighted by Crippen LogP contribution is 2.39. The molecule has 1 aliphatic heterocycles. The molecular formula is C22H26N2O4. The summed E-state index contributed by atoms with van der Waals surface area (Å²) in [5.74, 6) is 1.06. The molecule has 2 fully saturated rings. The van der Waals surface area contributed by atoms with E-state index in [0.29, 0.717) is 29.8 Å². The summed E-state index contributed by atoms with van der Waals surface area (Å²) in [6.07, 6.45) is 1.77. The van der Waals surface area contributed by atoms with Crippen LogP contribution in [0.1, 0.15) is 24.4 Å². The first-order valence-electron chi connectivity index (χ1n) is 9.66. The number of carbonyl (C=O) groups is 1. The number of hydrogen-bond acceptors (Lipinski definition) is 5. The van der Waals surface area contributed by atoms with Gasteiger partial charge in [0, 0.05) is 18.7 Å². The Bertz CT molecular complexity index is 823. The second kappa shape index (κ2) is 8.20. The van der Waals surface area contributed by atoms with Crippen molar-refractivity contribution in [3.05, 3.63) is 54.1 Å². The number of benzene rings is 2. The number of amides is 1. The summed E-state index contributed by atoms with van der Waals surface area (Å²) in [4.78, 5) is 15.7. The molecule has 148 valence electrons. The third-order valence-electron chi connectivity index (χ3n) is 5.37. The molecule has 0 aromatic heterocycles. The van der Waals surface area contributed by atoms with Gasteiger partial charge in [-0.25, -0.2) is 0 Å². The average Bonchev–Trinajstić information content (AvgIpc) is 3.59. The first kappa shape index (κ1) is 18.8. The minimum absolute atomic E-state index is 0.0981. The summed E-state index contributed by atoms with van der Waals surface area (Å²) in [7, 11) is 3.17. The molecular weight excluding hydrogens is 356 g/mol. The van der Waals surface area contributed by atoms with Crippen LogP contribution in [-0.2, 0) is 9.53 Å². The Morgan fingerprint density at radius 2 is 1.89 bits per heavy atom. The van der Waals surface area contributed by atoms with Crippen LogP contribution < -0.4 is 14.8 Å². The maximum atomic E-state index is 13.2. The van der Waals surface area contributed by atoms with Crippen LogP contribution in [0.25, 0.3) is 0 Å². The van der Waals surface area contributed by atoms with E-state index >= 15 is 0 Å². The first-order valence-corrected chi connectivity index (χ1v) is 9.66. The molecule has 0 radical (unpaired) electrons. The zero-order valence-electron chi connectivity index (χ0n) is 16.3. The Morgan fingerprint density at radius 3 is 2.57 bits per heavy atom. The SMILES string of the molecule is COc1ccc(OC)c(NC(=O)[C@@H]2OCCN(C3CC3)[C@H]2c2ccccc2)c1. The summed E-state index contributed by atoms with van der Waals surface area (Å²) in [6, 6.07) is 15.9. The molecule has 28 heavy (non-hydrogen) atoms. The van der Waals surface area contributed by atoms with Gasteiger partial charge in [-0.05, 0) is 30.5 Å². The fraction of sp³-hybridized carbons (Fsp3) is 0.409. The second-order valence-corrected chi connectivity index (χ2v) is 7.17. The fourth-order valence-electron chi connectivity index (χ4n) is 3.86. The van der Waals surface area contributed by atoms with E-state index in [1.54, 1.807) is 32.4 Å². The zero-order valence-corrected chi connectivity index (χ0v) is 16.3. The van der Waals surface area contributed by atoms with Crippen LogP contribution in [-0.4, -0.2) is 50.3 Å². The standard InChI is InChI=1S/C22H26N2O4/c1-26-17-10-11-19(27-2)18(14-17)23-22(25)21-20(15-6-4-3-5-7-15)24(12-13-28-21)16-8-9-16/h3-7,10-11,14,16,20-21H,8-9,12-13H2,1-2H3,(H,23,25)/t20-,21+/m0/s1. The smallest absolute Gasteiger partial charge is 0.255 e. The number of methoxy groups -OCH3 is 2. The maximum absolute atomic E-state index is 13.2. The summed E-state index contributed by atoms with van der Waals surface area (Å²) >= 11 is 0. The normalized spacial score (nSPS) is 22.5. The largest absolute Gasteiger partial charge is 0.497 e. The first-order chi connectivity index (χ1) is 13.7. The van der Waals surface area contributed by atoms with Crippen molar-refractivity contribution in [1.29, 1.82) is 0 Å². The molecule has 0 bridgehead atoms. The van der Waals surface area contributed by atoms with Gasteiger partial charge in [-0.2, -0.15) is 0 Å². The Kier molecular flexibility index (Phi) is 5.50. The average molecular weight is 382 g/mol. The van der Waals surface area contributed by atoms with Gasteiger partial charge in [0.25, 0.3) is 5.91 Å². The molecule has 0 spiro atoms. The molecule has 2 aromatic rings. The van der Waals surface area contributed by atoms with E-state index in [4.69, 9.17) is 14.2 Å². The third kappa shape index (κ3) is 3.84. The van der Waals surface area contributed by atoms with Crippen LogP contribution >= 0.6 is 0 Å². The van der Waals surface area contributed by atoms with Crippen molar-refractivity contribution in [3.8, 4) is 11.5 Å². The number of nitrogens with one attached hydrogen (secondary N) is 1.